The van der Waals surface area contributed by atoms with Crippen LogP contribution in [0.4, 0.5) is 0 Å². The predicted octanol–water partition coefficient (Wildman–Crippen LogP) is 5.28. The minimum Gasteiger partial charge on any atom is -0.172 e. The van der Waals surface area contributed by atoms with E-state index in [9.17, 15) is 0 Å². The molecule has 0 saturated heterocycles. The highest BCUT2D eigenvalue weighted by molar-refractivity contribution is 7.20. The summed E-state index contributed by atoms with van der Waals surface area (Å²) in [5, 5.41) is 8.95. The molecule has 0 bridgehead atoms. The van der Waals surface area contributed by atoms with Gasteiger partial charge in [0, 0.05) is 30.9 Å². The van der Waals surface area contributed by atoms with Crippen LogP contribution in [0.1, 0.15) is 0 Å². The van der Waals surface area contributed by atoms with Gasteiger partial charge in [0.1, 0.15) is 22.1 Å². The second kappa shape index (κ2) is 3.96. The van der Waals surface area contributed by atoms with Crippen molar-refractivity contribution in [1.82, 2.24) is 17.5 Å². The maximum absolute atomic E-state index is 4.59. The summed E-state index contributed by atoms with van der Waals surface area (Å²) in [4.78, 5) is 0. The molecule has 0 radical (unpaired) electrons. The lowest BCUT2D eigenvalue weighted by Crippen LogP contribution is -1.82. The Morgan fingerprint density at radius 3 is 1.55 bits per heavy atom. The summed E-state index contributed by atoms with van der Waals surface area (Å²) in [5.41, 5.74) is 4.00. The Morgan fingerprint density at radius 1 is 0.591 bits per heavy atom. The molecule has 0 amide bonds. The maximum Gasteiger partial charge on any atom is 0.114 e. The number of hydrogen-bond donors (Lipinski definition) is 0. The van der Waals surface area contributed by atoms with E-state index in [-0.39, 0.29) is 0 Å². The third-order valence-electron chi connectivity index (χ3n) is 4.00. The van der Waals surface area contributed by atoms with Gasteiger partial charge in [0.2, 0.25) is 0 Å². The van der Waals surface area contributed by atoms with E-state index in [1.165, 1.54) is 54.4 Å². The van der Waals surface area contributed by atoms with E-state index in [0.29, 0.717) is 0 Å². The van der Waals surface area contributed by atoms with Crippen molar-refractivity contribution >= 4 is 99.1 Å². The van der Waals surface area contributed by atoms with E-state index in [1.807, 2.05) is 0 Å². The number of benzene rings is 2. The van der Waals surface area contributed by atoms with Gasteiger partial charge >= 0.3 is 0 Å². The van der Waals surface area contributed by atoms with Crippen LogP contribution in [-0.2, 0) is 0 Å². The lowest BCUT2D eigenvalue weighted by molar-refractivity contribution is 1.71. The van der Waals surface area contributed by atoms with Crippen LogP contribution in [-0.4, -0.2) is 17.5 Å². The molecule has 22 heavy (non-hydrogen) atoms. The Bertz CT molecular complexity index is 1130. The van der Waals surface area contributed by atoms with Crippen molar-refractivity contribution in [3.05, 3.63) is 22.9 Å². The molecule has 8 heteroatoms. The maximum atomic E-state index is 4.59. The first kappa shape index (κ1) is 11.8. The fraction of sp³-hybridized carbons (Fsp3) is 0. The third-order valence-corrected chi connectivity index (χ3v) is 6.92. The Morgan fingerprint density at radius 2 is 1.05 bits per heavy atom. The topological polar surface area (TPSA) is 51.6 Å². The van der Waals surface area contributed by atoms with E-state index in [1.54, 1.807) is 22.7 Å². The summed E-state index contributed by atoms with van der Waals surface area (Å²) >= 11 is 6.05. The number of hydrogen-bond acceptors (Lipinski definition) is 8. The molecule has 0 aliphatic heterocycles. The van der Waals surface area contributed by atoms with Crippen molar-refractivity contribution in [2.75, 3.05) is 0 Å². The first-order chi connectivity index (χ1) is 10.9. The summed E-state index contributed by atoms with van der Waals surface area (Å²) in [6, 6.07) is 4.26. The van der Waals surface area contributed by atoms with Crippen molar-refractivity contribution in [1.29, 1.82) is 0 Å². The van der Waals surface area contributed by atoms with E-state index in [4.69, 9.17) is 0 Å². The lowest BCUT2D eigenvalue weighted by atomic mass is 10.0. The summed E-state index contributed by atoms with van der Waals surface area (Å²) in [5.74, 6) is 0. The second-order valence-electron chi connectivity index (χ2n) is 5.00. The molecular weight excluding hydrogens is 352 g/mol. The predicted molar refractivity (Wildman–Crippen MR) is 96.7 cm³/mol. The summed E-state index contributed by atoms with van der Waals surface area (Å²) in [6.07, 6.45) is 0. The molecule has 0 spiro atoms. The van der Waals surface area contributed by atoms with Gasteiger partial charge < -0.3 is 0 Å². The van der Waals surface area contributed by atoms with Crippen molar-refractivity contribution < 1.29 is 0 Å². The van der Waals surface area contributed by atoms with Crippen LogP contribution < -0.4 is 0 Å². The van der Waals surface area contributed by atoms with Crippen molar-refractivity contribution in [2.45, 2.75) is 0 Å². The minimum atomic E-state index is 0.994. The van der Waals surface area contributed by atoms with Crippen molar-refractivity contribution in [3.63, 3.8) is 0 Å². The molecule has 0 aliphatic carbocycles. The average Bonchev–Trinajstić information content (AvgIpc) is 3.28. The zero-order valence-corrected chi connectivity index (χ0v) is 14.0. The Kier molecular flexibility index (Phi) is 2.12. The number of thiophene rings is 2. The molecule has 2 aromatic carbocycles. The number of nitrogens with zero attached hydrogens (tertiary/aromatic N) is 4. The van der Waals surface area contributed by atoms with Crippen molar-refractivity contribution in [3.8, 4) is 0 Å². The smallest absolute Gasteiger partial charge is 0.114 e. The lowest BCUT2D eigenvalue weighted by Gasteiger charge is -2.04. The summed E-state index contributed by atoms with van der Waals surface area (Å²) < 4.78 is 20.7. The highest BCUT2D eigenvalue weighted by Gasteiger charge is 2.21. The van der Waals surface area contributed by atoms with Crippen molar-refractivity contribution in [2.24, 2.45) is 0 Å². The number of aromatic nitrogens is 4. The molecule has 4 aromatic heterocycles. The molecular formula is C14H4N4S4. The molecule has 0 N–H and O–H groups in total. The monoisotopic (exact) mass is 356 g/mol. The number of rotatable bonds is 0. The summed E-state index contributed by atoms with van der Waals surface area (Å²) in [6.45, 7) is 0. The van der Waals surface area contributed by atoms with Crippen LogP contribution in [0.25, 0.3) is 53.0 Å². The van der Waals surface area contributed by atoms with Crippen LogP contribution >= 0.6 is 46.1 Å². The van der Waals surface area contributed by atoms with Gasteiger partial charge in [0.15, 0.2) is 0 Å². The molecule has 0 saturated carbocycles. The van der Waals surface area contributed by atoms with Crippen LogP contribution in [0.2, 0.25) is 0 Å². The first-order valence-corrected chi connectivity index (χ1v) is 9.72. The Balaban J connectivity index is 2.19. The zero-order chi connectivity index (χ0) is 14.3. The largest absolute Gasteiger partial charge is 0.172 e. The molecule has 0 aliphatic rings. The first-order valence-electron chi connectivity index (χ1n) is 6.50. The highest BCUT2D eigenvalue weighted by Crippen LogP contribution is 2.45. The van der Waals surface area contributed by atoms with E-state index >= 15 is 0 Å². The van der Waals surface area contributed by atoms with Crippen LogP contribution in [0.5, 0.6) is 0 Å². The number of fused-ring (bicyclic) bond motifs is 11. The van der Waals surface area contributed by atoms with Gasteiger partial charge in [-0.2, -0.15) is 17.5 Å². The van der Waals surface area contributed by atoms with Gasteiger partial charge in [-0.1, -0.05) is 0 Å². The third kappa shape index (κ3) is 1.24. The zero-order valence-electron chi connectivity index (χ0n) is 10.7. The normalized spacial score (nSPS) is 12.5. The molecule has 0 atom stereocenters. The van der Waals surface area contributed by atoms with Gasteiger partial charge in [-0.15, -0.1) is 22.7 Å². The van der Waals surface area contributed by atoms with E-state index in [2.05, 4.69) is 40.4 Å². The van der Waals surface area contributed by atoms with E-state index < -0.39 is 0 Å². The quantitative estimate of drug-likeness (QED) is 0.372. The van der Waals surface area contributed by atoms with Gasteiger partial charge in [0.25, 0.3) is 0 Å². The molecule has 6 aromatic rings. The molecule has 0 unspecified atom stereocenters. The van der Waals surface area contributed by atoms with Gasteiger partial charge in [-0.3, -0.25) is 0 Å². The van der Waals surface area contributed by atoms with Gasteiger partial charge in [-0.05, 0) is 22.9 Å². The Hall–Kier alpha value is -1.74. The van der Waals surface area contributed by atoms with Crippen LogP contribution in [0, 0.1) is 0 Å². The van der Waals surface area contributed by atoms with Gasteiger partial charge in [-0.25, -0.2) is 0 Å². The van der Waals surface area contributed by atoms with Gasteiger partial charge in [0.05, 0.1) is 23.5 Å². The van der Waals surface area contributed by atoms with Crippen LogP contribution in [0.15, 0.2) is 22.9 Å². The highest BCUT2D eigenvalue weighted by atomic mass is 32.1. The molecule has 4 heterocycles. The van der Waals surface area contributed by atoms with Crippen LogP contribution in [0.3, 0.4) is 0 Å². The average molecular weight is 356 g/mol. The summed E-state index contributed by atoms with van der Waals surface area (Å²) in [7, 11) is 0. The Labute approximate surface area is 139 Å². The fourth-order valence-electron chi connectivity index (χ4n) is 3.12. The SMILES string of the molecule is c1cc2c3nsnc3c3c4sccc4c4nsnc4c3c2s1. The molecule has 6 rings (SSSR count). The molecule has 104 valence electrons. The standard InChI is InChI=1S/C14H4N4S4/c1-3-19-13-5(1)9-11(17-21-15-9)8-7(13)12-10(16-22-18-12)6-2-4-20-14(6)8/h1-4H. The fourth-order valence-corrected chi connectivity index (χ4v) is 6.15. The second-order valence-corrected chi connectivity index (χ2v) is 7.89. The molecule has 0 fully saturated rings. The van der Waals surface area contributed by atoms with E-state index in [0.717, 1.165) is 22.1 Å². The molecule has 4 nitrogen and oxygen atoms in total. The minimum absolute atomic E-state index is 0.994.